The normalized spacial score (nSPS) is 20.1. The van der Waals surface area contributed by atoms with Gasteiger partial charge in [-0.2, -0.15) is 0 Å². The molecule has 4 heteroatoms. The number of nitrogens with zero attached hydrogens (tertiary/aromatic N) is 2. The van der Waals surface area contributed by atoms with Gasteiger partial charge in [-0.25, -0.2) is 0 Å². The Morgan fingerprint density at radius 1 is 1.38 bits per heavy atom. The molecule has 1 N–H and O–H groups in total. The Morgan fingerprint density at radius 2 is 2.19 bits per heavy atom. The van der Waals surface area contributed by atoms with Crippen LogP contribution in [0.15, 0.2) is 36.5 Å². The number of aliphatic hydroxyl groups is 1. The van der Waals surface area contributed by atoms with Gasteiger partial charge in [0.1, 0.15) is 0 Å². The van der Waals surface area contributed by atoms with Crippen LogP contribution in [0.3, 0.4) is 0 Å². The molecular weight excluding hydrogens is 264 g/mol. The largest absolute Gasteiger partial charge is 0.393 e. The van der Waals surface area contributed by atoms with E-state index < -0.39 is 0 Å². The molecule has 1 aromatic carbocycles. The average Bonchev–Trinajstić information content (AvgIpc) is 3.12. The van der Waals surface area contributed by atoms with Crippen LogP contribution in [0, 0.1) is 5.92 Å². The van der Waals surface area contributed by atoms with Gasteiger partial charge < -0.3 is 14.6 Å². The fourth-order valence-electron chi connectivity index (χ4n) is 3.12. The van der Waals surface area contributed by atoms with Crippen molar-refractivity contribution in [3.63, 3.8) is 0 Å². The van der Waals surface area contributed by atoms with E-state index in [-0.39, 0.29) is 17.9 Å². The van der Waals surface area contributed by atoms with Gasteiger partial charge in [0.15, 0.2) is 0 Å². The number of aliphatic hydroxyl groups excluding tert-OH is 1. The first-order valence-electron chi connectivity index (χ1n) is 7.65. The van der Waals surface area contributed by atoms with Crippen LogP contribution in [0.25, 0.3) is 10.9 Å². The molecular formula is C17H22N2O2. The third-order valence-corrected chi connectivity index (χ3v) is 4.51. The van der Waals surface area contributed by atoms with Crippen molar-refractivity contribution in [1.82, 2.24) is 9.47 Å². The van der Waals surface area contributed by atoms with Crippen molar-refractivity contribution in [2.45, 2.75) is 32.4 Å². The summed E-state index contributed by atoms with van der Waals surface area (Å²) in [5.41, 5.74) is 1.17. The molecule has 1 fully saturated rings. The molecule has 0 spiro atoms. The number of carbonyl (C=O) groups is 1. The highest BCUT2D eigenvalue weighted by molar-refractivity contribution is 5.80. The number of para-hydroxylation sites is 1. The molecule has 21 heavy (non-hydrogen) atoms. The summed E-state index contributed by atoms with van der Waals surface area (Å²) >= 11 is 0. The number of carbonyl (C=O) groups excluding carboxylic acids is 1. The fourth-order valence-corrected chi connectivity index (χ4v) is 3.12. The number of hydrogen-bond donors (Lipinski definition) is 1. The minimum Gasteiger partial charge on any atom is -0.393 e. The van der Waals surface area contributed by atoms with Crippen molar-refractivity contribution in [3.8, 4) is 0 Å². The zero-order valence-electron chi connectivity index (χ0n) is 12.4. The van der Waals surface area contributed by atoms with Crippen LogP contribution >= 0.6 is 0 Å². The molecule has 1 aromatic heterocycles. The Labute approximate surface area is 125 Å². The predicted octanol–water partition coefficient (Wildman–Crippen LogP) is 2.26. The van der Waals surface area contributed by atoms with E-state index in [9.17, 15) is 9.90 Å². The molecule has 2 aromatic rings. The van der Waals surface area contributed by atoms with Gasteiger partial charge in [0.05, 0.1) is 6.10 Å². The number of likely N-dealkylation sites (tertiary alicyclic amines) is 1. The summed E-state index contributed by atoms with van der Waals surface area (Å²) in [6, 6.07) is 10.3. The molecule has 1 aliphatic rings. The van der Waals surface area contributed by atoms with E-state index in [4.69, 9.17) is 0 Å². The lowest BCUT2D eigenvalue weighted by atomic mass is 10.0. The molecule has 2 heterocycles. The number of aryl methyl sites for hydroxylation is 1. The highest BCUT2D eigenvalue weighted by Crippen LogP contribution is 2.21. The number of fused-ring (bicyclic) bond motifs is 1. The molecule has 0 aliphatic carbocycles. The van der Waals surface area contributed by atoms with Gasteiger partial charge in [0, 0.05) is 43.7 Å². The van der Waals surface area contributed by atoms with Gasteiger partial charge in [0.25, 0.3) is 0 Å². The Morgan fingerprint density at radius 3 is 2.95 bits per heavy atom. The van der Waals surface area contributed by atoms with Crippen LogP contribution in [0.4, 0.5) is 0 Å². The number of benzene rings is 1. The second-order valence-electron chi connectivity index (χ2n) is 5.95. The first-order chi connectivity index (χ1) is 10.1. The summed E-state index contributed by atoms with van der Waals surface area (Å²) in [7, 11) is 0. The van der Waals surface area contributed by atoms with Crippen LogP contribution in [-0.4, -0.2) is 39.7 Å². The van der Waals surface area contributed by atoms with Crippen LogP contribution in [0.2, 0.25) is 0 Å². The third kappa shape index (κ3) is 2.95. The van der Waals surface area contributed by atoms with Crippen LogP contribution < -0.4 is 0 Å². The van der Waals surface area contributed by atoms with Crippen molar-refractivity contribution in [2.24, 2.45) is 5.92 Å². The Hall–Kier alpha value is -1.81. The van der Waals surface area contributed by atoms with E-state index in [1.54, 1.807) is 0 Å². The lowest BCUT2D eigenvalue weighted by Gasteiger charge is -2.18. The molecule has 0 bridgehead atoms. The highest BCUT2D eigenvalue weighted by atomic mass is 16.3. The van der Waals surface area contributed by atoms with E-state index in [1.165, 1.54) is 10.9 Å². The molecule has 1 aliphatic heterocycles. The summed E-state index contributed by atoms with van der Waals surface area (Å²) in [6.07, 6.45) is 3.15. The van der Waals surface area contributed by atoms with E-state index in [0.29, 0.717) is 19.5 Å². The molecule has 112 valence electrons. The second kappa shape index (κ2) is 5.90. The lowest BCUT2D eigenvalue weighted by Crippen LogP contribution is -2.30. The third-order valence-electron chi connectivity index (χ3n) is 4.51. The zero-order valence-corrected chi connectivity index (χ0v) is 12.4. The van der Waals surface area contributed by atoms with E-state index >= 15 is 0 Å². The Balaban J connectivity index is 1.59. The number of rotatable bonds is 4. The minimum atomic E-state index is -0.323. The number of amides is 1. The summed E-state index contributed by atoms with van der Waals surface area (Å²) in [4.78, 5) is 14.2. The van der Waals surface area contributed by atoms with Crippen LogP contribution in [0.1, 0.15) is 19.8 Å². The maximum atomic E-state index is 12.3. The standard InChI is InChI=1S/C17H22N2O2/c1-13(20)15-7-10-19(12-15)17(21)8-11-18-9-6-14-4-2-3-5-16(14)18/h2-6,9,13,15,20H,7-8,10-12H2,1H3. The molecule has 2 unspecified atom stereocenters. The van der Waals surface area contributed by atoms with Gasteiger partial charge in [0.2, 0.25) is 5.91 Å². The van der Waals surface area contributed by atoms with Crippen LogP contribution in [0.5, 0.6) is 0 Å². The smallest absolute Gasteiger partial charge is 0.224 e. The first-order valence-corrected chi connectivity index (χ1v) is 7.65. The number of hydrogen-bond acceptors (Lipinski definition) is 2. The molecule has 0 saturated carbocycles. The van der Waals surface area contributed by atoms with E-state index in [1.807, 2.05) is 30.2 Å². The quantitative estimate of drug-likeness (QED) is 0.937. The van der Waals surface area contributed by atoms with Crippen LogP contribution in [-0.2, 0) is 11.3 Å². The molecule has 2 atom stereocenters. The van der Waals surface area contributed by atoms with E-state index in [2.05, 4.69) is 22.8 Å². The SMILES string of the molecule is CC(O)C1CCN(C(=O)CCn2ccc3ccccc32)C1. The summed E-state index contributed by atoms with van der Waals surface area (Å²) in [5.74, 6) is 0.428. The van der Waals surface area contributed by atoms with Crippen molar-refractivity contribution in [3.05, 3.63) is 36.5 Å². The minimum absolute atomic E-state index is 0.191. The van der Waals surface area contributed by atoms with Crippen molar-refractivity contribution in [1.29, 1.82) is 0 Å². The molecule has 0 radical (unpaired) electrons. The highest BCUT2D eigenvalue weighted by Gasteiger charge is 2.28. The maximum absolute atomic E-state index is 12.3. The monoisotopic (exact) mass is 286 g/mol. The van der Waals surface area contributed by atoms with Gasteiger partial charge in [-0.15, -0.1) is 0 Å². The van der Waals surface area contributed by atoms with Crippen molar-refractivity contribution < 1.29 is 9.90 Å². The maximum Gasteiger partial charge on any atom is 0.224 e. The zero-order chi connectivity index (χ0) is 14.8. The van der Waals surface area contributed by atoms with Gasteiger partial charge in [-0.1, -0.05) is 18.2 Å². The fraction of sp³-hybridized carbons (Fsp3) is 0.471. The summed E-state index contributed by atoms with van der Waals surface area (Å²) in [5, 5.41) is 10.8. The molecule has 4 nitrogen and oxygen atoms in total. The van der Waals surface area contributed by atoms with Gasteiger partial charge in [-0.05, 0) is 30.9 Å². The van der Waals surface area contributed by atoms with Crippen molar-refractivity contribution in [2.75, 3.05) is 13.1 Å². The second-order valence-corrected chi connectivity index (χ2v) is 5.95. The van der Waals surface area contributed by atoms with E-state index in [0.717, 1.165) is 13.0 Å². The molecule has 1 amide bonds. The average molecular weight is 286 g/mol. The molecule has 1 saturated heterocycles. The first kappa shape index (κ1) is 14.1. The predicted molar refractivity (Wildman–Crippen MR) is 82.9 cm³/mol. The molecule has 3 rings (SSSR count). The van der Waals surface area contributed by atoms with Gasteiger partial charge >= 0.3 is 0 Å². The summed E-state index contributed by atoms with van der Waals surface area (Å²) in [6.45, 7) is 4.00. The Kier molecular flexibility index (Phi) is 3.97. The lowest BCUT2D eigenvalue weighted by molar-refractivity contribution is -0.130. The summed E-state index contributed by atoms with van der Waals surface area (Å²) < 4.78 is 2.13. The van der Waals surface area contributed by atoms with Gasteiger partial charge in [-0.3, -0.25) is 4.79 Å². The Bertz CT molecular complexity index is 633. The number of aromatic nitrogens is 1. The van der Waals surface area contributed by atoms with Crippen molar-refractivity contribution >= 4 is 16.8 Å². The topological polar surface area (TPSA) is 45.5 Å².